The monoisotopic (exact) mass is 593 g/mol. The molecule has 0 radical (unpaired) electrons. The minimum atomic E-state index is -3.61. The molecular weight excluding hydrogens is 564 g/mol. The number of anilines is 1. The average molecular weight is 594 g/mol. The van der Waals surface area contributed by atoms with Crippen LogP contribution in [0, 0.1) is 11.6 Å². The first kappa shape index (κ1) is 27.9. The van der Waals surface area contributed by atoms with Gasteiger partial charge in [0.25, 0.3) is 0 Å². The number of rotatable bonds is 9. The quantitative estimate of drug-likeness (QED) is 0.271. The van der Waals surface area contributed by atoms with Gasteiger partial charge in [0.1, 0.15) is 23.7 Å². The van der Waals surface area contributed by atoms with Gasteiger partial charge in [-0.15, -0.1) is 5.10 Å². The highest BCUT2D eigenvalue weighted by Gasteiger charge is 2.16. The van der Waals surface area contributed by atoms with Crippen LogP contribution < -0.4 is 4.72 Å². The first-order valence-corrected chi connectivity index (χ1v) is 15.2. The van der Waals surface area contributed by atoms with E-state index in [-0.39, 0.29) is 17.0 Å². The Balaban J connectivity index is 1.32. The van der Waals surface area contributed by atoms with Crippen molar-refractivity contribution in [3.05, 3.63) is 78.8 Å². The van der Waals surface area contributed by atoms with Gasteiger partial charge in [0.15, 0.2) is 0 Å². The summed E-state index contributed by atoms with van der Waals surface area (Å²) in [5.41, 5.74) is 4.32. The van der Waals surface area contributed by atoms with E-state index >= 15 is 0 Å². The number of morpholine rings is 1. The van der Waals surface area contributed by atoms with Gasteiger partial charge in [-0.25, -0.2) is 22.2 Å². The zero-order valence-electron chi connectivity index (χ0n) is 22.9. The molecule has 0 amide bonds. The molecule has 1 N–H and O–H groups in total. The van der Waals surface area contributed by atoms with Crippen LogP contribution in [0.15, 0.2) is 67.1 Å². The van der Waals surface area contributed by atoms with Crippen molar-refractivity contribution in [3.8, 4) is 28.1 Å². The molecule has 3 aromatic carbocycles. The van der Waals surface area contributed by atoms with Crippen molar-refractivity contribution in [2.75, 3.05) is 43.3 Å². The number of nitrogens with one attached hydrogen (secondary N) is 1. The first-order valence-electron chi connectivity index (χ1n) is 13.6. The smallest absolute Gasteiger partial charge is 0.232 e. The Kier molecular flexibility index (Phi) is 7.71. The molecule has 1 aliphatic heterocycles. The summed E-state index contributed by atoms with van der Waals surface area (Å²) in [6, 6.07) is 13.9. The Bertz CT molecular complexity index is 1850. The maximum atomic E-state index is 14.7. The lowest BCUT2D eigenvalue weighted by molar-refractivity contribution is 0.0359. The molecule has 0 bridgehead atoms. The van der Waals surface area contributed by atoms with Crippen molar-refractivity contribution < 1.29 is 21.9 Å². The van der Waals surface area contributed by atoms with Crippen molar-refractivity contribution >= 4 is 26.7 Å². The number of hydrogen-bond donors (Lipinski definition) is 1. The maximum absolute atomic E-state index is 14.7. The number of ether oxygens (including phenoxy) is 1. The molecule has 2 aromatic heterocycles. The molecule has 5 aromatic rings. The van der Waals surface area contributed by atoms with Gasteiger partial charge >= 0.3 is 0 Å². The molecule has 0 atom stereocenters. The zero-order valence-corrected chi connectivity index (χ0v) is 23.7. The number of imidazole rings is 1. The third-order valence-corrected chi connectivity index (χ3v) is 8.53. The van der Waals surface area contributed by atoms with Gasteiger partial charge in [-0.05, 0) is 55.0 Å². The fourth-order valence-electron chi connectivity index (χ4n) is 4.93. The van der Waals surface area contributed by atoms with Crippen LogP contribution in [-0.2, 0) is 21.3 Å². The number of aromatic nitrogens is 5. The van der Waals surface area contributed by atoms with Crippen molar-refractivity contribution in [2.45, 2.75) is 13.5 Å². The van der Waals surface area contributed by atoms with Crippen LogP contribution >= 0.6 is 0 Å². The number of halogens is 2. The molecule has 0 spiro atoms. The molecule has 0 unspecified atom stereocenters. The zero-order chi connectivity index (χ0) is 29.3. The maximum Gasteiger partial charge on any atom is 0.232 e. The van der Waals surface area contributed by atoms with Crippen LogP contribution in [0.1, 0.15) is 6.92 Å². The van der Waals surface area contributed by atoms with Crippen molar-refractivity contribution in [1.82, 2.24) is 29.4 Å². The summed E-state index contributed by atoms with van der Waals surface area (Å²) >= 11 is 0. The minimum Gasteiger partial charge on any atom is -0.379 e. The highest BCUT2D eigenvalue weighted by Crippen LogP contribution is 2.32. The lowest BCUT2D eigenvalue weighted by Gasteiger charge is -2.26. The van der Waals surface area contributed by atoms with E-state index in [4.69, 9.17) is 4.74 Å². The lowest BCUT2D eigenvalue weighted by Crippen LogP contribution is -2.38. The van der Waals surface area contributed by atoms with Gasteiger partial charge in [0, 0.05) is 42.5 Å². The Morgan fingerprint density at radius 2 is 1.81 bits per heavy atom. The van der Waals surface area contributed by atoms with Crippen LogP contribution in [0.25, 0.3) is 39.1 Å². The van der Waals surface area contributed by atoms with E-state index in [0.29, 0.717) is 16.8 Å². The van der Waals surface area contributed by atoms with Crippen molar-refractivity contribution in [3.63, 3.8) is 0 Å². The molecule has 1 saturated heterocycles. The predicted molar refractivity (Wildman–Crippen MR) is 156 cm³/mol. The summed E-state index contributed by atoms with van der Waals surface area (Å²) in [6.45, 7) is 6.43. The second-order valence-electron chi connectivity index (χ2n) is 10.0. The Hall–Kier alpha value is -4.20. The predicted octanol–water partition coefficient (Wildman–Crippen LogP) is 4.32. The summed E-state index contributed by atoms with van der Waals surface area (Å²) in [5, 5.41) is 8.62. The second kappa shape index (κ2) is 11.6. The summed E-state index contributed by atoms with van der Waals surface area (Å²) in [5.74, 6) is -1.59. The molecule has 10 nitrogen and oxygen atoms in total. The fraction of sp³-hybridized carbons (Fsp3) is 0.276. The van der Waals surface area contributed by atoms with Gasteiger partial charge < -0.3 is 4.74 Å². The van der Waals surface area contributed by atoms with E-state index in [2.05, 4.69) is 24.9 Å². The Morgan fingerprint density at radius 3 is 2.60 bits per heavy atom. The van der Waals surface area contributed by atoms with Crippen molar-refractivity contribution in [1.29, 1.82) is 0 Å². The molecule has 1 aliphatic rings. The highest BCUT2D eigenvalue weighted by molar-refractivity contribution is 7.92. The molecule has 0 aliphatic carbocycles. The molecule has 3 heterocycles. The van der Waals surface area contributed by atoms with Crippen LogP contribution in [0.3, 0.4) is 0 Å². The van der Waals surface area contributed by atoms with E-state index in [0.717, 1.165) is 68.3 Å². The molecule has 0 saturated carbocycles. The van der Waals surface area contributed by atoms with Crippen LogP contribution in [-0.4, -0.2) is 76.5 Å². The molecule has 1 fully saturated rings. The second-order valence-corrected chi connectivity index (χ2v) is 12.0. The Labute approximate surface area is 241 Å². The fourth-order valence-corrected chi connectivity index (χ4v) is 5.55. The van der Waals surface area contributed by atoms with E-state index in [1.165, 1.54) is 19.1 Å². The number of hydrogen-bond acceptors (Lipinski definition) is 7. The highest BCUT2D eigenvalue weighted by atomic mass is 32.2. The topological polar surface area (TPSA) is 107 Å². The summed E-state index contributed by atoms with van der Waals surface area (Å²) in [6.07, 6.45) is 3.53. The third kappa shape index (κ3) is 6.03. The van der Waals surface area contributed by atoms with E-state index in [1.54, 1.807) is 23.0 Å². The molecule has 42 heavy (non-hydrogen) atoms. The normalized spacial score (nSPS) is 14.5. The van der Waals surface area contributed by atoms with Gasteiger partial charge in [0.05, 0.1) is 48.4 Å². The van der Waals surface area contributed by atoms with Crippen LogP contribution in [0.2, 0.25) is 0 Å². The van der Waals surface area contributed by atoms with Gasteiger partial charge in [-0.3, -0.25) is 18.9 Å². The van der Waals surface area contributed by atoms with Crippen LogP contribution in [0.4, 0.5) is 14.5 Å². The summed E-state index contributed by atoms with van der Waals surface area (Å²) < 4.78 is 64.6. The standard InChI is InChI=1S/C29H29F2N7O3S/c1-2-42(39,40)34-23-13-21(25-5-4-22(30)16-26(25)31)14-24(17-23)38-19-32-27-15-20(3-6-29(27)38)28-18-37(35-33-28)8-7-36-9-11-41-12-10-36/h3-6,13-19,34H,2,7-12H2,1H3. The Morgan fingerprint density at radius 1 is 0.976 bits per heavy atom. The summed E-state index contributed by atoms with van der Waals surface area (Å²) in [7, 11) is -3.61. The van der Waals surface area contributed by atoms with Crippen LogP contribution in [0.5, 0.6) is 0 Å². The lowest BCUT2D eigenvalue weighted by atomic mass is 10.0. The minimum absolute atomic E-state index is 0.133. The number of benzene rings is 3. The van der Waals surface area contributed by atoms with E-state index in [1.807, 2.05) is 29.1 Å². The number of fused-ring (bicyclic) bond motifs is 1. The van der Waals surface area contributed by atoms with Crippen molar-refractivity contribution in [2.24, 2.45) is 0 Å². The first-order chi connectivity index (χ1) is 20.3. The largest absolute Gasteiger partial charge is 0.379 e. The van der Waals surface area contributed by atoms with Gasteiger partial charge in [0.2, 0.25) is 10.0 Å². The van der Waals surface area contributed by atoms with Gasteiger partial charge in [-0.1, -0.05) is 11.3 Å². The molecular formula is C29H29F2N7O3S. The molecule has 218 valence electrons. The van der Waals surface area contributed by atoms with E-state index < -0.39 is 21.7 Å². The average Bonchev–Trinajstić information content (AvgIpc) is 3.63. The molecule has 13 heteroatoms. The van der Waals surface area contributed by atoms with E-state index in [9.17, 15) is 17.2 Å². The van der Waals surface area contributed by atoms with Gasteiger partial charge in [-0.2, -0.15) is 0 Å². The SMILES string of the molecule is CCS(=O)(=O)Nc1cc(-c2ccc(F)cc2F)cc(-n2cnc3cc(-c4cn(CCN5CCOCC5)nn4)ccc32)c1. The number of nitrogens with zero attached hydrogens (tertiary/aromatic N) is 6. The third-order valence-electron chi connectivity index (χ3n) is 7.22. The number of sulfonamides is 1. The molecule has 6 rings (SSSR count). The summed E-state index contributed by atoms with van der Waals surface area (Å²) in [4.78, 5) is 6.90.